The molecule has 8 heteroatoms. The number of carbonyl (C=O) groups excluding carboxylic acids is 1. The molecule has 0 aromatic heterocycles. The molecule has 6 nitrogen and oxygen atoms in total. The highest BCUT2D eigenvalue weighted by molar-refractivity contribution is 8.26. The molecule has 1 fully saturated rings. The summed E-state index contributed by atoms with van der Waals surface area (Å²) in [6.45, 7) is 3.49. The first-order valence-electron chi connectivity index (χ1n) is 6.85. The predicted molar refractivity (Wildman–Crippen MR) is 96.2 cm³/mol. The summed E-state index contributed by atoms with van der Waals surface area (Å²) in [5, 5.41) is 8.84. The van der Waals surface area contributed by atoms with E-state index in [4.69, 9.17) is 26.8 Å². The van der Waals surface area contributed by atoms with Crippen molar-refractivity contribution in [2.45, 2.75) is 0 Å². The topological polar surface area (TPSA) is 76.1 Å². The number of aliphatic carboxylic acids is 1. The van der Waals surface area contributed by atoms with Crippen LogP contribution in [0.25, 0.3) is 6.08 Å². The van der Waals surface area contributed by atoms with Gasteiger partial charge in [-0.3, -0.25) is 14.5 Å². The van der Waals surface area contributed by atoms with E-state index < -0.39 is 18.4 Å². The van der Waals surface area contributed by atoms with Crippen LogP contribution in [0, 0.1) is 0 Å². The van der Waals surface area contributed by atoms with Crippen LogP contribution in [0.3, 0.4) is 0 Å². The lowest BCUT2D eigenvalue weighted by atomic mass is 10.2. The van der Waals surface area contributed by atoms with E-state index >= 15 is 0 Å². The normalized spacial score (nSPS) is 15.7. The van der Waals surface area contributed by atoms with Gasteiger partial charge in [-0.1, -0.05) is 42.7 Å². The van der Waals surface area contributed by atoms with E-state index in [0.717, 1.165) is 16.7 Å². The Morgan fingerprint density at radius 2 is 2.21 bits per heavy atom. The summed E-state index contributed by atoms with van der Waals surface area (Å²) in [6, 6.07) is 5.22. The maximum Gasteiger partial charge on any atom is 0.323 e. The van der Waals surface area contributed by atoms with Crippen LogP contribution in [0.2, 0.25) is 0 Å². The third kappa shape index (κ3) is 4.15. The number of carboxylic acid groups (broad SMARTS) is 1. The smallest absolute Gasteiger partial charge is 0.323 e. The molecule has 0 aliphatic carbocycles. The van der Waals surface area contributed by atoms with Crippen molar-refractivity contribution in [2.24, 2.45) is 0 Å². The van der Waals surface area contributed by atoms with E-state index in [-0.39, 0.29) is 4.32 Å². The SMILES string of the molecule is C=CCOc1ccc(C=C2SC(=S)N(CC(=O)O)C2=O)cc1OC. The Morgan fingerprint density at radius 3 is 2.83 bits per heavy atom. The minimum atomic E-state index is -1.11. The quantitative estimate of drug-likeness (QED) is 0.452. The molecule has 1 aromatic rings. The van der Waals surface area contributed by atoms with Crippen molar-refractivity contribution in [3.8, 4) is 11.5 Å². The van der Waals surface area contributed by atoms with Gasteiger partial charge in [0, 0.05) is 0 Å². The molecule has 126 valence electrons. The number of methoxy groups -OCH3 is 1. The molecule has 1 heterocycles. The van der Waals surface area contributed by atoms with E-state index in [1.807, 2.05) is 0 Å². The number of nitrogens with zero attached hydrogens (tertiary/aromatic N) is 1. The Labute approximate surface area is 148 Å². The number of thioether (sulfide) groups is 1. The van der Waals surface area contributed by atoms with Crippen LogP contribution in [-0.2, 0) is 9.59 Å². The van der Waals surface area contributed by atoms with Gasteiger partial charge < -0.3 is 14.6 Å². The molecule has 1 amide bonds. The van der Waals surface area contributed by atoms with Crippen molar-refractivity contribution in [3.63, 3.8) is 0 Å². The Morgan fingerprint density at radius 1 is 1.46 bits per heavy atom. The highest BCUT2D eigenvalue weighted by Gasteiger charge is 2.33. The second-order valence-electron chi connectivity index (χ2n) is 4.67. The Kier molecular flexibility index (Phi) is 5.99. The number of hydrogen-bond acceptors (Lipinski definition) is 6. The number of rotatable bonds is 7. The second-order valence-corrected chi connectivity index (χ2v) is 6.35. The van der Waals surface area contributed by atoms with Crippen LogP contribution in [0.15, 0.2) is 35.8 Å². The molecule has 24 heavy (non-hydrogen) atoms. The number of ether oxygens (including phenoxy) is 2. The zero-order valence-corrected chi connectivity index (χ0v) is 14.5. The van der Waals surface area contributed by atoms with Gasteiger partial charge in [0.1, 0.15) is 17.5 Å². The van der Waals surface area contributed by atoms with Gasteiger partial charge in [-0.25, -0.2) is 0 Å². The number of hydrogen-bond donors (Lipinski definition) is 1. The van der Waals surface area contributed by atoms with Crippen LogP contribution < -0.4 is 9.47 Å². The maximum absolute atomic E-state index is 12.2. The predicted octanol–water partition coefficient (Wildman–Crippen LogP) is 2.55. The van der Waals surface area contributed by atoms with Crippen molar-refractivity contribution in [3.05, 3.63) is 41.3 Å². The molecule has 0 saturated carbocycles. The zero-order chi connectivity index (χ0) is 17.7. The molecule has 0 spiro atoms. The van der Waals surface area contributed by atoms with Gasteiger partial charge in [0.05, 0.1) is 12.0 Å². The van der Waals surface area contributed by atoms with Crippen LogP contribution >= 0.6 is 24.0 Å². The monoisotopic (exact) mass is 365 g/mol. The molecule has 1 aliphatic rings. The lowest BCUT2D eigenvalue weighted by Crippen LogP contribution is -2.33. The fraction of sp³-hybridized carbons (Fsp3) is 0.188. The van der Waals surface area contributed by atoms with Crippen molar-refractivity contribution in [1.82, 2.24) is 4.90 Å². The number of benzene rings is 1. The van der Waals surface area contributed by atoms with Gasteiger partial charge in [0.15, 0.2) is 11.5 Å². The summed E-state index contributed by atoms with van der Waals surface area (Å²) in [5.41, 5.74) is 0.716. The lowest BCUT2D eigenvalue weighted by molar-refractivity contribution is -0.140. The van der Waals surface area contributed by atoms with Crippen LogP contribution in [0.4, 0.5) is 0 Å². The van der Waals surface area contributed by atoms with E-state index in [2.05, 4.69) is 6.58 Å². The minimum Gasteiger partial charge on any atom is -0.493 e. The molecule has 0 bridgehead atoms. The Hall–Kier alpha value is -2.32. The average Bonchev–Trinajstić information content (AvgIpc) is 2.80. The van der Waals surface area contributed by atoms with Gasteiger partial charge >= 0.3 is 5.97 Å². The maximum atomic E-state index is 12.2. The van der Waals surface area contributed by atoms with Gasteiger partial charge in [-0.15, -0.1) is 0 Å². The van der Waals surface area contributed by atoms with Crippen LogP contribution in [-0.4, -0.2) is 46.5 Å². The van der Waals surface area contributed by atoms with E-state index in [1.54, 1.807) is 30.4 Å². The molecule has 1 saturated heterocycles. The summed E-state index contributed by atoms with van der Waals surface area (Å²) in [7, 11) is 1.52. The standard InChI is InChI=1S/C16H15NO5S2/c1-3-6-22-11-5-4-10(7-12(11)21-2)8-13-15(20)17(9-14(18)19)16(23)24-13/h3-5,7-8H,1,6,9H2,2H3,(H,18,19). The first-order valence-corrected chi connectivity index (χ1v) is 8.07. The summed E-state index contributed by atoms with van der Waals surface area (Å²) in [4.78, 5) is 24.5. The zero-order valence-electron chi connectivity index (χ0n) is 12.9. The lowest BCUT2D eigenvalue weighted by Gasteiger charge is -2.10. The first-order chi connectivity index (χ1) is 11.5. The van der Waals surface area contributed by atoms with Crippen molar-refractivity contribution in [2.75, 3.05) is 20.3 Å². The Bertz CT molecular complexity index is 729. The van der Waals surface area contributed by atoms with Gasteiger partial charge in [0.25, 0.3) is 5.91 Å². The highest BCUT2D eigenvalue weighted by atomic mass is 32.2. The van der Waals surface area contributed by atoms with Gasteiger partial charge in [0.2, 0.25) is 0 Å². The van der Waals surface area contributed by atoms with Crippen molar-refractivity contribution >= 4 is 46.3 Å². The Balaban J connectivity index is 2.25. The molecule has 1 N–H and O–H groups in total. The van der Waals surface area contributed by atoms with Crippen LogP contribution in [0.5, 0.6) is 11.5 Å². The molecule has 1 aliphatic heterocycles. The minimum absolute atomic E-state index is 0.228. The van der Waals surface area contributed by atoms with Crippen molar-refractivity contribution < 1.29 is 24.2 Å². The summed E-state index contributed by atoms with van der Waals surface area (Å²) < 4.78 is 11.0. The fourth-order valence-corrected chi connectivity index (χ4v) is 3.22. The second kappa shape index (κ2) is 7.98. The summed E-state index contributed by atoms with van der Waals surface area (Å²) in [6.07, 6.45) is 3.27. The average molecular weight is 365 g/mol. The van der Waals surface area contributed by atoms with E-state index in [0.29, 0.717) is 28.6 Å². The van der Waals surface area contributed by atoms with E-state index in [9.17, 15) is 9.59 Å². The molecular weight excluding hydrogens is 350 g/mol. The first kappa shape index (κ1) is 18.0. The van der Waals surface area contributed by atoms with Crippen molar-refractivity contribution in [1.29, 1.82) is 0 Å². The number of amides is 1. The molecule has 2 rings (SSSR count). The summed E-state index contributed by atoms with van der Waals surface area (Å²) >= 11 is 6.13. The fourth-order valence-electron chi connectivity index (χ4n) is 1.96. The van der Waals surface area contributed by atoms with E-state index in [1.165, 1.54) is 7.11 Å². The van der Waals surface area contributed by atoms with Gasteiger partial charge in [-0.05, 0) is 23.8 Å². The van der Waals surface area contributed by atoms with Crippen LogP contribution in [0.1, 0.15) is 5.56 Å². The number of thiocarbonyl (C=S) groups is 1. The molecule has 0 atom stereocenters. The highest BCUT2D eigenvalue weighted by Crippen LogP contribution is 2.34. The third-order valence-corrected chi connectivity index (χ3v) is 4.39. The molecule has 0 unspecified atom stereocenters. The molecule has 1 aromatic carbocycles. The largest absolute Gasteiger partial charge is 0.493 e. The summed E-state index contributed by atoms with van der Waals surface area (Å²) in [5.74, 6) is -0.448. The number of carboxylic acids is 1. The van der Waals surface area contributed by atoms with Gasteiger partial charge in [-0.2, -0.15) is 0 Å². The molecular formula is C16H15NO5S2. The molecule has 0 radical (unpaired) electrons. The third-order valence-electron chi connectivity index (χ3n) is 3.01. The number of carbonyl (C=O) groups is 2.